The van der Waals surface area contributed by atoms with Crippen LogP contribution in [0.15, 0.2) is 12.1 Å². The average molecular weight is 432 g/mol. The molecular formula is C20H24F4N2O4. The van der Waals surface area contributed by atoms with Gasteiger partial charge in [0.25, 0.3) is 5.91 Å². The Labute approximate surface area is 171 Å². The van der Waals surface area contributed by atoms with E-state index in [1.807, 2.05) is 0 Å². The minimum Gasteiger partial charge on any atom is -0.465 e. The molecule has 1 N–H and O–H groups in total. The molecule has 166 valence electrons. The van der Waals surface area contributed by atoms with Gasteiger partial charge in [-0.15, -0.1) is 0 Å². The van der Waals surface area contributed by atoms with Crippen molar-refractivity contribution >= 4 is 12.0 Å². The SMILES string of the molecule is CC(C)(C)C1C(F)C(C(=O)N2OCCC2c2cc(F)cc(F)c2F)CCN1C(=O)O. The van der Waals surface area contributed by atoms with Gasteiger partial charge >= 0.3 is 6.09 Å². The molecule has 2 fully saturated rings. The average Bonchev–Trinajstić information content (AvgIpc) is 3.12. The van der Waals surface area contributed by atoms with Crippen LogP contribution in [-0.2, 0) is 9.63 Å². The largest absolute Gasteiger partial charge is 0.465 e. The Morgan fingerprint density at radius 1 is 1.17 bits per heavy atom. The van der Waals surface area contributed by atoms with Crippen LogP contribution in [0, 0.1) is 28.8 Å². The molecule has 1 aromatic rings. The van der Waals surface area contributed by atoms with Crippen LogP contribution in [0.1, 0.15) is 45.2 Å². The molecule has 0 saturated carbocycles. The fourth-order valence-electron chi connectivity index (χ4n) is 4.34. The number of carbonyl (C=O) groups excluding carboxylic acids is 1. The van der Waals surface area contributed by atoms with Gasteiger partial charge in [-0.2, -0.15) is 0 Å². The summed E-state index contributed by atoms with van der Waals surface area (Å²) in [4.78, 5) is 30.9. The van der Waals surface area contributed by atoms with Crippen molar-refractivity contribution in [1.29, 1.82) is 0 Å². The molecule has 0 radical (unpaired) electrons. The van der Waals surface area contributed by atoms with E-state index in [2.05, 4.69) is 0 Å². The maximum absolute atomic E-state index is 15.5. The molecule has 0 aliphatic carbocycles. The fraction of sp³-hybridized carbons (Fsp3) is 0.600. The molecule has 2 aliphatic rings. The van der Waals surface area contributed by atoms with Crippen molar-refractivity contribution in [2.24, 2.45) is 11.3 Å². The molecule has 0 bridgehead atoms. The second-order valence-electron chi connectivity index (χ2n) is 8.72. The highest BCUT2D eigenvalue weighted by atomic mass is 19.2. The second-order valence-corrected chi connectivity index (χ2v) is 8.72. The summed E-state index contributed by atoms with van der Waals surface area (Å²) in [6.45, 7) is 4.95. The maximum Gasteiger partial charge on any atom is 0.407 e. The number of alkyl halides is 1. The summed E-state index contributed by atoms with van der Waals surface area (Å²) in [7, 11) is 0. The van der Waals surface area contributed by atoms with Gasteiger partial charge in [-0.3, -0.25) is 9.63 Å². The lowest BCUT2D eigenvalue weighted by Gasteiger charge is -2.46. The molecule has 6 nitrogen and oxygen atoms in total. The first-order chi connectivity index (χ1) is 13.9. The van der Waals surface area contributed by atoms with Gasteiger partial charge in [0.2, 0.25) is 0 Å². The maximum atomic E-state index is 15.5. The van der Waals surface area contributed by atoms with E-state index in [1.165, 1.54) is 0 Å². The van der Waals surface area contributed by atoms with Crippen LogP contribution >= 0.6 is 0 Å². The van der Waals surface area contributed by atoms with Gasteiger partial charge < -0.3 is 10.0 Å². The van der Waals surface area contributed by atoms with Gasteiger partial charge in [0.1, 0.15) is 12.0 Å². The number of nitrogens with zero attached hydrogens (tertiary/aromatic N) is 2. The summed E-state index contributed by atoms with van der Waals surface area (Å²) in [5.41, 5.74) is -1.18. The smallest absolute Gasteiger partial charge is 0.407 e. The molecule has 4 unspecified atom stereocenters. The summed E-state index contributed by atoms with van der Waals surface area (Å²) < 4.78 is 57.0. The fourth-order valence-corrected chi connectivity index (χ4v) is 4.34. The van der Waals surface area contributed by atoms with Crippen molar-refractivity contribution in [3.8, 4) is 0 Å². The molecule has 2 amide bonds. The molecule has 0 aromatic heterocycles. The number of likely N-dealkylation sites (tertiary alicyclic amines) is 1. The normalized spacial score (nSPS) is 27.4. The lowest BCUT2D eigenvalue weighted by Crippen LogP contribution is -2.60. The number of halogens is 4. The van der Waals surface area contributed by atoms with Crippen LogP contribution in [0.2, 0.25) is 0 Å². The van der Waals surface area contributed by atoms with Crippen LogP contribution in [0.3, 0.4) is 0 Å². The van der Waals surface area contributed by atoms with Crippen molar-refractivity contribution in [3.05, 3.63) is 35.1 Å². The number of carbonyl (C=O) groups is 2. The van der Waals surface area contributed by atoms with Crippen LogP contribution in [0.4, 0.5) is 22.4 Å². The molecule has 3 rings (SSSR count). The number of benzene rings is 1. The molecule has 10 heteroatoms. The van der Waals surface area contributed by atoms with E-state index in [0.717, 1.165) is 16.0 Å². The number of hydrogen-bond donors (Lipinski definition) is 1. The van der Waals surface area contributed by atoms with Crippen molar-refractivity contribution in [2.75, 3.05) is 13.2 Å². The highest BCUT2D eigenvalue weighted by molar-refractivity contribution is 5.80. The van der Waals surface area contributed by atoms with Crippen molar-refractivity contribution < 1.29 is 37.1 Å². The Hall–Kier alpha value is -2.36. The van der Waals surface area contributed by atoms with Gasteiger partial charge in [0.15, 0.2) is 11.6 Å². The number of amides is 2. The third-order valence-corrected chi connectivity index (χ3v) is 5.66. The first-order valence-corrected chi connectivity index (χ1v) is 9.67. The number of hydrogen-bond acceptors (Lipinski definition) is 3. The van der Waals surface area contributed by atoms with Crippen LogP contribution < -0.4 is 0 Å². The molecule has 0 spiro atoms. The number of rotatable bonds is 2. The number of hydroxylamine groups is 2. The lowest BCUT2D eigenvalue weighted by atomic mass is 9.75. The molecule has 2 aliphatic heterocycles. The van der Waals surface area contributed by atoms with Gasteiger partial charge in [-0.1, -0.05) is 20.8 Å². The van der Waals surface area contributed by atoms with E-state index in [4.69, 9.17) is 4.84 Å². The van der Waals surface area contributed by atoms with Gasteiger partial charge in [-0.25, -0.2) is 27.4 Å². The third-order valence-electron chi connectivity index (χ3n) is 5.66. The molecule has 4 atom stereocenters. The molecule has 30 heavy (non-hydrogen) atoms. The summed E-state index contributed by atoms with van der Waals surface area (Å²) in [5, 5.41) is 10.2. The quantitative estimate of drug-likeness (QED) is 0.565. The Balaban J connectivity index is 1.89. The van der Waals surface area contributed by atoms with E-state index in [0.29, 0.717) is 6.07 Å². The number of carboxylic acid groups (broad SMARTS) is 1. The van der Waals surface area contributed by atoms with Gasteiger partial charge in [-0.05, 0) is 17.9 Å². The van der Waals surface area contributed by atoms with Gasteiger partial charge in [0, 0.05) is 24.6 Å². The zero-order chi connectivity index (χ0) is 22.4. The summed E-state index contributed by atoms with van der Waals surface area (Å²) in [6.07, 6.45) is -3.12. The first-order valence-electron chi connectivity index (χ1n) is 9.67. The Bertz CT molecular complexity index is 845. The molecular weight excluding hydrogens is 408 g/mol. The van der Waals surface area contributed by atoms with E-state index < -0.39 is 59.0 Å². The summed E-state index contributed by atoms with van der Waals surface area (Å²) in [6, 6.07) is -1.01. The van der Waals surface area contributed by atoms with E-state index in [-0.39, 0.29) is 31.6 Å². The zero-order valence-electron chi connectivity index (χ0n) is 16.9. The Morgan fingerprint density at radius 3 is 2.43 bits per heavy atom. The van der Waals surface area contributed by atoms with Crippen LogP contribution in [0.25, 0.3) is 0 Å². The topological polar surface area (TPSA) is 70.1 Å². The molecule has 1 aromatic carbocycles. The van der Waals surface area contributed by atoms with Crippen molar-refractivity contribution in [2.45, 2.75) is 51.9 Å². The van der Waals surface area contributed by atoms with Gasteiger partial charge in [0.05, 0.1) is 24.6 Å². The highest BCUT2D eigenvalue weighted by Crippen LogP contribution is 2.40. The Morgan fingerprint density at radius 2 is 1.83 bits per heavy atom. The number of piperidine rings is 1. The third kappa shape index (κ3) is 3.97. The minimum absolute atomic E-state index is 0.0123. The Kier molecular flexibility index (Phi) is 5.99. The highest BCUT2D eigenvalue weighted by Gasteiger charge is 2.51. The van der Waals surface area contributed by atoms with Crippen molar-refractivity contribution in [1.82, 2.24) is 9.96 Å². The van der Waals surface area contributed by atoms with E-state index >= 15 is 4.39 Å². The minimum atomic E-state index is -1.83. The van der Waals surface area contributed by atoms with Crippen LogP contribution in [0.5, 0.6) is 0 Å². The standard InChI is InChI=1S/C20H24F4N2O4/c1-20(2,3)17-16(24)11(4-6-25(17)19(28)29)18(27)26-14(5-7-30-26)12-8-10(21)9-13(22)15(12)23/h8-9,11,14,16-17H,4-7H2,1-3H3,(H,28,29). The first kappa shape index (κ1) is 22.3. The zero-order valence-corrected chi connectivity index (χ0v) is 16.9. The van der Waals surface area contributed by atoms with E-state index in [1.54, 1.807) is 20.8 Å². The monoisotopic (exact) mass is 432 g/mol. The van der Waals surface area contributed by atoms with Crippen LogP contribution in [-0.4, -0.2) is 52.4 Å². The van der Waals surface area contributed by atoms with E-state index in [9.17, 15) is 27.9 Å². The second kappa shape index (κ2) is 8.05. The molecule has 2 heterocycles. The lowest BCUT2D eigenvalue weighted by molar-refractivity contribution is -0.188. The predicted molar refractivity (Wildman–Crippen MR) is 97.4 cm³/mol. The van der Waals surface area contributed by atoms with Crippen molar-refractivity contribution in [3.63, 3.8) is 0 Å². The predicted octanol–water partition coefficient (Wildman–Crippen LogP) is 4.06. The molecule has 2 saturated heterocycles. The summed E-state index contributed by atoms with van der Waals surface area (Å²) in [5.74, 6) is -5.72. The summed E-state index contributed by atoms with van der Waals surface area (Å²) >= 11 is 0.